The van der Waals surface area contributed by atoms with E-state index in [1.165, 1.54) is 6.08 Å². The highest BCUT2D eigenvalue weighted by atomic mass is 19.1. The fraction of sp³-hybridized carbons (Fsp3) is 0.792. The van der Waals surface area contributed by atoms with E-state index in [2.05, 4.69) is 0 Å². The minimum absolute atomic E-state index is 0.0195. The molecule has 32 heavy (non-hydrogen) atoms. The van der Waals surface area contributed by atoms with Gasteiger partial charge in [0.05, 0.1) is 6.10 Å². The average Bonchev–Trinajstić information content (AvgIpc) is 2.93. The lowest BCUT2D eigenvalue weighted by Gasteiger charge is -2.63. The van der Waals surface area contributed by atoms with Crippen LogP contribution in [-0.2, 0) is 19.1 Å². The maximum atomic E-state index is 17.1. The molecule has 0 saturated heterocycles. The Morgan fingerprint density at radius 2 is 1.91 bits per heavy atom. The van der Waals surface area contributed by atoms with Gasteiger partial charge in [-0.1, -0.05) is 27.7 Å². The van der Waals surface area contributed by atoms with Gasteiger partial charge in [-0.05, 0) is 43.3 Å². The molecule has 6 nitrogen and oxygen atoms in total. The van der Waals surface area contributed by atoms with E-state index in [9.17, 15) is 24.6 Å². The van der Waals surface area contributed by atoms with Gasteiger partial charge in [0.1, 0.15) is 11.8 Å². The number of aliphatic hydroxyl groups excluding tert-OH is 1. The van der Waals surface area contributed by atoms with Crippen molar-refractivity contribution in [2.24, 2.45) is 28.6 Å². The molecule has 4 rings (SSSR count). The highest BCUT2D eigenvalue weighted by Gasteiger charge is 2.78. The number of hydrogen-bond donors (Lipinski definition) is 2. The van der Waals surface area contributed by atoms with Crippen LogP contribution in [-0.4, -0.2) is 51.5 Å². The first kappa shape index (κ1) is 23.3. The fourth-order valence-corrected chi connectivity index (χ4v) is 7.85. The molecule has 0 unspecified atom stereocenters. The van der Waals surface area contributed by atoms with Gasteiger partial charge in [0.25, 0.3) is 0 Å². The number of rotatable bonds is 3. The first-order valence-electron chi connectivity index (χ1n) is 11.5. The molecule has 0 amide bonds. The average molecular weight is 455 g/mol. The molecule has 4 aliphatic carbocycles. The fourth-order valence-electron chi connectivity index (χ4n) is 7.85. The quantitative estimate of drug-likeness (QED) is 0.633. The number of ether oxygens (including phenoxy) is 1. The molecular weight excluding hydrogens is 422 g/mol. The number of hydrogen-bond acceptors (Lipinski definition) is 5. The van der Waals surface area contributed by atoms with Crippen molar-refractivity contribution in [1.82, 2.24) is 0 Å². The molecule has 3 fully saturated rings. The van der Waals surface area contributed by atoms with Crippen LogP contribution in [0.2, 0.25) is 0 Å². The molecule has 0 aromatic rings. The van der Waals surface area contributed by atoms with Crippen molar-refractivity contribution < 1.29 is 38.1 Å². The Bertz CT molecular complexity index is 903. The van der Waals surface area contributed by atoms with E-state index < -0.39 is 64.1 Å². The minimum atomic E-state index is -2.21. The molecule has 8 heteroatoms. The molecule has 0 aromatic heterocycles. The standard InChI is InChI=1S/C24H32F2O6/c1-5-19(29)32-24(20(30)31)12(2)8-14-15-10-17(25)16-9-13(27)6-7-21(16,3)23(15,26)18(28)11-22(14,24)4/h9,12,14-15,17-18,28H,5-8,10-11H2,1-4H3,(H,30,31)/t12-,14+,15+,17+,18+,21+,22+,23+,24+/m1/s1. The van der Waals surface area contributed by atoms with Crippen LogP contribution in [0.25, 0.3) is 0 Å². The molecule has 9 atom stereocenters. The molecule has 3 saturated carbocycles. The van der Waals surface area contributed by atoms with Crippen molar-refractivity contribution >= 4 is 17.7 Å². The predicted octanol–water partition coefficient (Wildman–Crippen LogP) is 3.55. The monoisotopic (exact) mass is 454 g/mol. The Morgan fingerprint density at radius 3 is 2.50 bits per heavy atom. The zero-order chi connectivity index (χ0) is 23.9. The molecule has 0 spiro atoms. The molecule has 4 aliphatic rings. The van der Waals surface area contributed by atoms with Gasteiger partial charge in [-0.25, -0.2) is 13.6 Å². The highest BCUT2D eigenvalue weighted by molar-refractivity contribution is 5.92. The third kappa shape index (κ3) is 2.56. The first-order chi connectivity index (χ1) is 14.8. The van der Waals surface area contributed by atoms with Gasteiger partial charge in [0, 0.05) is 35.5 Å². The van der Waals surface area contributed by atoms with Crippen LogP contribution in [0.4, 0.5) is 8.78 Å². The van der Waals surface area contributed by atoms with Crippen LogP contribution in [0, 0.1) is 28.6 Å². The van der Waals surface area contributed by atoms with E-state index in [1.54, 1.807) is 27.7 Å². The van der Waals surface area contributed by atoms with E-state index in [-0.39, 0.29) is 49.9 Å². The number of carbonyl (C=O) groups excluding carboxylic acids is 2. The second-order valence-electron chi connectivity index (χ2n) is 10.7. The van der Waals surface area contributed by atoms with Crippen molar-refractivity contribution in [1.29, 1.82) is 0 Å². The van der Waals surface area contributed by atoms with Crippen LogP contribution < -0.4 is 0 Å². The van der Waals surface area contributed by atoms with E-state index in [0.29, 0.717) is 0 Å². The van der Waals surface area contributed by atoms with Crippen molar-refractivity contribution in [3.05, 3.63) is 11.6 Å². The molecule has 0 aromatic carbocycles. The van der Waals surface area contributed by atoms with Crippen LogP contribution in [0.1, 0.15) is 66.2 Å². The van der Waals surface area contributed by atoms with Gasteiger partial charge < -0.3 is 14.9 Å². The number of esters is 1. The Balaban J connectivity index is 1.86. The number of carboxylic acid groups (broad SMARTS) is 1. The molecule has 178 valence electrons. The summed E-state index contributed by atoms with van der Waals surface area (Å²) in [5, 5.41) is 21.6. The molecule has 0 heterocycles. The second kappa shape index (κ2) is 7.08. The van der Waals surface area contributed by atoms with E-state index >= 15 is 8.78 Å². The lowest BCUT2D eigenvalue weighted by atomic mass is 9.43. The van der Waals surface area contributed by atoms with E-state index in [0.717, 1.165) is 0 Å². The highest BCUT2D eigenvalue weighted by Crippen LogP contribution is 2.72. The van der Waals surface area contributed by atoms with Crippen molar-refractivity contribution in [2.45, 2.75) is 89.8 Å². The van der Waals surface area contributed by atoms with Gasteiger partial charge in [0.15, 0.2) is 5.78 Å². The van der Waals surface area contributed by atoms with Crippen molar-refractivity contribution in [3.8, 4) is 0 Å². The normalized spacial score (nSPS) is 50.0. The zero-order valence-corrected chi connectivity index (χ0v) is 19.0. The molecule has 2 N–H and O–H groups in total. The number of halogens is 2. The van der Waals surface area contributed by atoms with Gasteiger partial charge in [0.2, 0.25) is 5.60 Å². The van der Waals surface area contributed by atoms with Crippen LogP contribution >= 0.6 is 0 Å². The number of carboxylic acids is 1. The summed E-state index contributed by atoms with van der Waals surface area (Å²) in [6.45, 7) is 6.44. The van der Waals surface area contributed by atoms with Gasteiger partial charge in [-0.15, -0.1) is 0 Å². The van der Waals surface area contributed by atoms with Gasteiger partial charge >= 0.3 is 11.9 Å². The number of allylic oxidation sites excluding steroid dienone is 1. The Kier molecular flexibility index (Phi) is 5.16. The number of aliphatic carboxylic acids is 1. The number of ketones is 1. The summed E-state index contributed by atoms with van der Waals surface area (Å²) < 4.78 is 38.2. The largest absolute Gasteiger partial charge is 0.478 e. The molecule has 0 radical (unpaired) electrons. The summed E-state index contributed by atoms with van der Waals surface area (Å²) in [4.78, 5) is 36.9. The number of carbonyl (C=O) groups is 3. The lowest BCUT2D eigenvalue weighted by molar-refractivity contribution is -0.243. The number of alkyl halides is 2. The number of fused-ring (bicyclic) bond motifs is 5. The maximum Gasteiger partial charge on any atom is 0.349 e. The first-order valence-corrected chi connectivity index (χ1v) is 11.5. The predicted molar refractivity (Wildman–Crippen MR) is 110 cm³/mol. The Morgan fingerprint density at radius 1 is 1.25 bits per heavy atom. The molecule has 0 aliphatic heterocycles. The molecular formula is C24H32F2O6. The number of aliphatic hydroxyl groups is 1. The molecule has 0 bridgehead atoms. The zero-order valence-electron chi connectivity index (χ0n) is 19.0. The lowest BCUT2D eigenvalue weighted by Crippen LogP contribution is -2.71. The summed E-state index contributed by atoms with van der Waals surface area (Å²) in [7, 11) is 0. The van der Waals surface area contributed by atoms with Crippen molar-refractivity contribution in [3.63, 3.8) is 0 Å². The summed E-state index contributed by atoms with van der Waals surface area (Å²) in [5.74, 6) is -4.47. The van der Waals surface area contributed by atoms with Crippen LogP contribution in [0.3, 0.4) is 0 Å². The summed E-state index contributed by atoms with van der Waals surface area (Å²) in [6, 6.07) is 0. The third-order valence-electron chi connectivity index (χ3n) is 9.45. The van der Waals surface area contributed by atoms with E-state index in [1.807, 2.05) is 0 Å². The summed E-state index contributed by atoms with van der Waals surface area (Å²) in [5.41, 5.74) is -6.68. The third-order valence-corrected chi connectivity index (χ3v) is 9.45. The van der Waals surface area contributed by atoms with Gasteiger partial charge in [-0.2, -0.15) is 0 Å². The summed E-state index contributed by atoms with van der Waals surface area (Å²) >= 11 is 0. The van der Waals surface area contributed by atoms with Crippen molar-refractivity contribution in [2.75, 3.05) is 0 Å². The Labute approximate surface area is 186 Å². The van der Waals surface area contributed by atoms with Crippen LogP contribution in [0.5, 0.6) is 0 Å². The summed E-state index contributed by atoms with van der Waals surface area (Å²) in [6.07, 6.45) is -2.03. The van der Waals surface area contributed by atoms with Gasteiger partial charge in [-0.3, -0.25) is 9.59 Å². The van der Waals surface area contributed by atoms with Crippen LogP contribution in [0.15, 0.2) is 11.6 Å². The topological polar surface area (TPSA) is 101 Å². The smallest absolute Gasteiger partial charge is 0.349 e. The second-order valence-corrected chi connectivity index (χ2v) is 10.7. The minimum Gasteiger partial charge on any atom is -0.478 e. The Hall–Kier alpha value is -1.83. The maximum absolute atomic E-state index is 17.1. The SMILES string of the molecule is CCC(=O)O[C@]1(C(=O)O)[C@H](C)C[C@H]2[C@@H]3C[C@H](F)C4=CC(=O)CC[C@]4(C)[C@@]3(F)[C@@H](O)C[C@@]21C. The van der Waals surface area contributed by atoms with E-state index in [4.69, 9.17) is 4.74 Å².